The largest absolute Gasteiger partial charge is 0.459 e. The molecule has 4 aliphatic rings. The highest BCUT2D eigenvalue weighted by Crippen LogP contribution is 2.62. The molecule has 1 fully saturated rings. The van der Waals surface area contributed by atoms with E-state index in [1.54, 1.807) is 29.2 Å². The van der Waals surface area contributed by atoms with Crippen molar-refractivity contribution in [2.45, 2.75) is 95.6 Å². The molecule has 14 nitrogen and oxygen atoms in total. The molecule has 386 valence electrons. The fourth-order valence-electron chi connectivity index (χ4n) is 10.9. The topological polar surface area (TPSA) is 172 Å². The van der Waals surface area contributed by atoms with Crippen LogP contribution >= 0.6 is 0 Å². The Labute approximate surface area is 432 Å². The highest BCUT2D eigenvalue weighted by atomic mass is 16.7. The summed E-state index contributed by atoms with van der Waals surface area (Å²) in [4.78, 5) is 34.6. The number of rotatable bonds is 21. The van der Waals surface area contributed by atoms with Crippen LogP contribution < -0.4 is 18.9 Å². The summed E-state index contributed by atoms with van der Waals surface area (Å²) in [5.41, 5.74) is 5.27. The van der Waals surface area contributed by atoms with Crippen LogP contribution in [0.2, 0.25) is 0 Å². The van der Waals surface area contributed by atoms with E-state index in [1.165, 1.54) is 18.2 Å². The second-order valence-corrected chi connectivity index (χ2v) is 20.3. The Morgan fingerprint density at radius 2 is 1.57 bits per heavy atom. The van der Waals surface area contributed by atoms with Crippen molar-refractivity contribution in [1.82, 2.24) is 4.90 Å². The van der Waals surface area contributed by atoms with Gasteiger partial charge < -0.3 is 43.6 Å². The quantitative estimate of drug-likeness (QED) is 0.0236. The molecule has 2 N–H and O–H groups in total. The molecule has 0 aromatic heterocycles. The number of hydrogen-bond donors (Lipinski definition) is 2. The molecule has 5 aromatic rings. The van der Waals surface area contributed by atoms with Gasteiger partial charge in [-0.2, -0.15) is 0 Å². The Hall–Kier alpha value is -7.26. The number of allylic oxidation sites excluding steroid dienone is 1. The maximum absolute atomic E-state index is 15.4. The van der Waals surface area contributed by atoms with E-state index >= 15 is 4.79 Å². The number of aliphatic hydroxyl groups excluding tert-OH is 2. The lowest BCUT2D eigenvalue weighted by Crippen LogP contribution is -2.70. The Kier molecular flexibility index (Phi) is 16.0. The van der Waals surface area contributed by atoms with Gasteiger partial charge in [0, 0.05) is 55.9 Å². The SMILES string of the molecule is C=CCO[C@@]12Oc3ccc(Oc4ccc(-c5ccccc5)cc4)cc3[C@H]3[C@H](CCCCO)[C@@H](CCCCO)C=C(C(=NOC(C)(C)C)C[C@@H]1N(Cc1ccc4c(c1)OCO4)C(=O)C=Cc1ccc([N+](=O)[O-])cc1)[C@H]32. The molecule has 2 aliphatic carbocycles. The third-order valence-electron chi connectivity index (χ3n) is 14.2. The lowest BCUT2D eigenvalue weighted by atomic mass is 9.55. The normalized spacial score (nSPS) is 22.0. The minimum absolute atomic E-state index is 0.0158. The van der Waals surface area contributed by atoms with Crippen LogP contribution in [0.1, 0.15) is 88.3 Å². The van der Waals surface area contributed by atoms with Crippen molar-refractivity contribution in [3.05, 3.63) is 172 Å². The van der Waals surface area contributed by atoms with Gasteiger partial charge in [-0.1, -0.05) is 78.7 Å². The first-order valence-corrected chi connectivity index (χ1v) is 25.6. The number of carbonyl (C=O) groups excluding carboxylic acids is 1. The molecule has 1 amide bonds. The summed E-state index contributed by atoms with van der Waals surface area (Å²) in [5, 5.41) is 36.7. The number of carbonyl (C=O) groups is 1. The fraction of sp³-hybridized carbons (Fsp3) is 0.367. The van der Waals surface area contributed by atoms with Crippen LogP contribution in [0, 0.1) is 27.9 Å². The predicted octanol–water partition coefficient (Wildman–Crippen LogP) is 12.0. The van der Waals surface area contributed by atoms with Gasteiger partial charge >= 0.3 is 0 Å². The summed E-state index contributed by atoms with van der Waals surface area (Å²) in [6, 6.07) is 34.9. The molecule has 5 aromatic carbocycles. The molecular weight excluding hydrogens is 939 g/mol. The van der Waals surface area contributed by atoms with Gasteiger partial charge in [-0.25, -0.2) is 0 Å². The zero-order chi connectivity index (χ0) is 51.8. The molecule has 0 spiro atoms. The van der Waals surface area contributed by atoms with Crippen LogP contribution in [0.4, 0.5) is 5.69 Å². The Morgan fingerprint density at radius 3 is 2.28 bits per heavy atom. The van der Waals surface area contributed by atoms with Crippen LogP contribution in [-0.2, 0) is 20.9 Å². The number of nitro benzene ring substituents is 1. The van der Waals surface area contributed by atoms with Crippen LogP contribution in [0.25, 0.3) is 17.2 Å². The smallest absolute Gasteiger partial charge is 0.269 e. The van der Waals surface area contributed by atoms with Gasteiger partial charge in [-0.05, 0) is 147 Å². The molecule has 0 radical (unpaired) electrons. The van der Waals surface area contributed by atoms with Crippen LogP contribution in [0.3, 0.4) is 0 Å². The van der Waals surface area contributed by atoms with Gasteiger partial charge in [0.25, 0.3) is 5.69 Å². The summed E-state index contributed by atoms with van der Waals surface area (Å²) in [6.45, 7) is 10.3. The van der Waals surface area contributed by atoms with Crippen LogP contribution in [0.15, 0.2) is 151 Å². The van der Waals surface area contributed by atoms with E-state index in [1.807, 2.05) is 93.6 Å². The summed E-state index contributed by atoms with van der Waals surface area (Å²) in [6.07, 6.45) is 11.6. The van der Waals surface area contributed by atoms with E-state index in [9.17, 15) is 20.3 Å². The summed E-state index contributed by atoms with van der Waals surface area (Å²) < 4.78 is 32.9. The molecule has 14 heteroatoms. The van der Waals surface area contributed by atoms with Crippen molar-refractivity contribution in [2.24, 2.45) is 22.9 Å². The summed E-state index contributed by atoms with van der Waals surface area (Å²) in [7, 11) is 0. The van der Waals surface area contributed by atoms with E-state index in [0.717, 1.165) is 53.5 Å². The second-order valence-electron chi connectivity index (χ2n) is 20.3. The van der Waals surface area contributed by atoms with E-state index < -0.39 is 28.3 Å². The average Bonchev–Trinajstić information content (AvgIpc) is 3.88. The minimum atomic E-state index is -1.55. The van der Waals surface area contributed by atoms with Gasteiger partial charge in [-0.15, -0.1) is 6.58 Å². The first-order valence-electron chi connectivity index (χ1n) is 25.6. The van der Waals surface area contributed by atoms with Gasteiger partial charge in [0.2, 0.25) is 18.5 Å². The average molecular weight is 1000 g/mol. The number of fused-ring (bicyclic) bond motifs is 3. The van der Waals surface area contributed by atoms with Crippen LogP contribution in [-0.4, -0.2) is 75.7 Å². The first kappa shape index (κ1) is 51.6. The molecule has 2 heterocycles. The van der Waals surface area contributed by atoms with Gasteiger partial charge in [0.15, 0.2) is 11.5 Å². The van der Waals surface area contributed by atoms with Gasteiger partial charge in [0.1, 0.15) is 28.9 Å². The van der Waals surface area contributed by atoms with Crippen molar-refractivity contribution in [3.63, 3.8) is 0 Å². The molecule has 0 unspecified atom stereocenters. The lowest BCUT2D eigenvalue weighted by molar-refractivity contribution is -0.384. The molecule has 1 saturated carbocycles. The number of nitro groups is 1. The van der Waals surface area contributed by atoms with Crippen LogP contribution in [0.5, 0.6) is 28.7 Å². The van der Waals surface area contributed by atoms with E-state index in [0.29, 0.717) is 52.9 Å². The highest BCUT2D eigenvalue weighted by Gasteiger charge is 2.65. The van der Waals surface area contributed by atoms with Crippen molar-refractivity contribution in [2.75, 3.05) is 26.6 Å². The van der Waals surface area contributed by atoms with Crippen molar-refractivity contribution >= 4 is 23.4 Å². The highest BCUT2D eigenvalue weighted by molar-refractivity contribution is 6.03. The van der Waals surface area contributed by atoms with Gasteiger partial charge in [-0.3, -0.25) is 14.9 Å². The predicted molar refractivity (Wildman–Crippen MR) is 283 cm³/mol. The number of non-ortho nitro benzene ring substituents is 1. The number of ether oxygens (including phenoxy) is 5. The number of unbranched alkanes of at least 4 members (excludes halogenated alkanes) is 2. The Bertz CT molecular complexity index is 2880. The van der Waals surface area contributed by atoms with E-state index in [4.69, 9.17) is 33.7 Å². The molecule has 74 heavy (non-hydrogen) atoms. The number of benzene rings is 5. The lowest BCUT2D eigenvalue weighted by Gasteiger charge is -2.60. The van der Waals surface area contributed by atoms with E-state index in [-0.39, 0.29) is 68.9 Å². The maximum Gasteiger partial charge on any atom is 0.269 e. The molecule has 0 bridgehead atoms. The summed E-state index contributed by atoms with van der Waals surface area (Å²) >= 11 is 0. The number of nitrogens with zero attached hydrogens (tertiary/aromatic N) is 3. The van der Waals surface area contributed by atoms with Crippen molar-refractivity contribution in [1.29, 1.82) is 0 Å². The maximum atomic E-state index is 15.4. The third-order valence-corrected chi connectivity index (χ3v) is 14.2. The fourth-order valence-corrected chi connectivity index (χ4v) is 10.9. The standard InChI is InChI=1S/C60H65N3O11/c1-5-33-71-60-55(62(38-41-19-28-53-54(34-41)70-39-69-53)56(66)30-20-40-17-23-45(24-18-40)63(67)68)37-51(61-74-59(2,3)4)49-35-44(15-9-11-31-64)48(16-10-12-32-65)57(58(49)60)50-36-47(27-29-52(50)73-60)72-46-25-21-43(22-26-46)42-13-7-6-8-14-42/h5-8,13-14,17-30,34-36,44,48,55,57-58,64-65H,1,9-12,15-16,31-33,37-39H2,2-4H3/t44-,48+,55-,57+,58+,60+/m0/s1. The second kappa shape index (κ2) is 22.9. The van der Waals surface area contributed by atoms with Gasteiger partial charge in [0.05, 0.1) is 23.2 Å². The monoisotopic (exact) mass is 1000 g/mol. The Balaban J connectivity index is 1.22. The van der Waals surface area contributed by atoms with E-state index in [2.05, 4.69) is 30.9 Å². The molecular formula is C60H65N3O11. The Morgan fingerprint density at radius 1 is 0.865 bits per heavy atom. The van der Waals surface area contributed by atoms with Crippen molar-refractivity contribution in [3.8, 4) is 39.9 Å². The van der Waals surface area contributed by atoms with Crippen molar-refractivity contribution < 1.29 is 48.5 Å². The molecule has 2 aliphatic heterocycles. The molecule has 0 saturated heterocycles. The number of hydrogen-bond acceptors (Lipinski definition) is 12. The zero-order valence-corrected chi connectivity index (χ0v) is 42.3. The molecule has 6 atom stereocenters. The zero-order valence-electron chi connectivity index (χ0n) is 42.3. The number of aliphatic hydroxyl groups is 2. The minimum Gasteiger partial charge on any atom is -0.459 e. The number of oxime groups is 1. The summed E-state index contributed by atoms with van der Waals surface area (Å²) in [5.74, 6) is 0.225. The first-order chi connectivity index (χ1) is 35.9. The number of amides is 1. The molecule has 9 rings (SSSR count). The third kappa shape index (κ3) is 11.4.